The van der Waals surface area contributed by atoms with Crippen LogP contribution < -0.4 is 0 Å². The summed E-state index contributed by atoms with van der Waals surface area (Å²) in [6.07, 6.45) is -5.90. The number of methoxy groups -OCH3 is 1. The highest BCUT2D eigenvalue weighted by molar-refractivity contribution is 5.78. The van der Waals surface area contributed by atoms with Crippen LogP contribution in [0.15, 0.2) is 0 Å². The number of hydrogen-bond donors (Lipinski definition) is 1. The van der Waals surface area contributed by atoms with E-state index >= 15 is 0 Å². The van der Waals surface area contributed by atoms with Crippen LogP contribution in [0.25, 0.3) is 0 Å². The molecule has 1 aliphatic heterocycles. The van der Waals surface area contributed by atoms with E-state index in [1.54, 1.807) is 18.9 Å². The second-order valence-corrected chi connectivity index (χ2v) is 5.33. The monoisotopic (exact) mass is 297 g/mol. The molecule has 2 atom stereocenters. The fourth-order valence-corrected chi connectivity index (χ4v) is 2.43. The Morgan fingerprint density at radius 2 is 1.95 bits per heavy atom. The van der Waals surface area contributed by atoms with Gasteiger partial charge in [0.05, 0.1) is 0 Å². The molecule has 0 aromatic carbocycles. The Morgan fingerprint density at radius 1 is 1.40 bits per heavy atom. The Morgan fingerprint density at radius 3 is 2.40 bits per heavy atom. The second kappa shape index (κ2) is 7.26. The Hall–Kier alpha value is -0.820. The van der Waals surface area contributed by atoms with E-state index in [0.29, 0.717) is 13.0 Å². The zero-order chi connectivity index (χ0) is 15.3. The van der Waals surface area contributed by atoms with Crippen molar-refractivity contribution in [2.45, 2.75) is 38.5 Å². The first-order valence-electron chi connectivity index (χ1n) is 6.80. The van der Waals surface area contributed by atoms with Crippen molar-refractivity contribution in [3.05, 3.63) is 0 Å². The van der Waals surface area contributed by atoms with E-state index in [1.165, 1.54) is 0 Å². The van der Waals surface area contributed by atoms with Crippen molar-refractivity contribution >= 4 is 5.91 Å². The molecule has 1 amide bonds. The number of rotatable bonds is 5. The lowest BCUT2D eigenvalue weighted by Gasteiger charge is -2.35. The predicted octanol–water partition coefficient (Wildman–Crippen LogP) is 1.82. The number of ether oxygens (including phenoxy) is 1. The van der Waals surface area contributed by atoms with E-state index in [-0.39, 0.29) is 37.8 Å². The van der Waals surface area contributed by atoms with E-state index in [9.17, 15) is 23.1 Å². The summed E-state index contributed by atoms with van der Waals surface area (Å²) in [5.74, 6) is -1.06. The van der Waals surface area contributed by atoms with Crippen molar-refractivity contribution in [2.75, 3.05) is 26.8 Å². The van der Waals surface area contributed by atoms with E-state index in [0.717, 1.165) is 0 Å². The molecule has 1 N–H and O–H groups in total. The van der Waals surface area contributed by atoms with Crippen molar-refractivity contribution in [1.29, 1.82) is 0 Å². The van der Waals surface area contributed by atoms with Gasteiger partial charge in [0, 0.05) is 32.7 Å². The lowest BCUT2D eigenvalue weighted by molar-refractivity contribution is -0.223. The Balaban J connectivity index is 2.44. The third kappa shape index (κ3) is 4.63. The number of likely N-dealkylation sites (tertiary alicyclic amines) is 1. The van der Waals surface area contributed by atoms with Crippen LogP contribution in [0.3, 0.4) is 0 Å². The predicted molar refractivity (Wildman–Crippen MR) is 67.0 cm³/mol. The Bertz CT molecular complexity index is 314. The van der Waals surface area contributed by atoms with Crippen LogP contribution in [0.5, 0.6) is 0 Å². The van der Waals surface area contributed by atoms with E-state index in [4.69, 9.17) is 4.74 Å². The molecular weight excluding hydrogens is 275 g/mol. The highest BCUT2D eigenvalue weighted by Gasteiger charge is 2.44. The number of carbonyl (C=O) groups excluding carboxylic acids is 1. The van der Waals surface area contributed by atoms with Gasteiger partial charge in [-0.25, -0.2) is 0 Å². The maximum absolute atomic E-state index is 12.4. The van der Waals surface area contributed by atoms with Gasteiger partial charge in [-0.2, -0.15) is 13.2 Å². The molecule has 0 radical (unpaired) electrons. The minimum absolute atomic E-state index is 0.0537. The molecule has 1 rings (SSSR count). The molecule has 0 aromatic heterocycles. The molecule has 7 heteroatoms. The number of carbonyl (C=O) groups is 1. The molecule has 1 heterocycles. The fraction of sp³-hybridized carbons (Fsp3) is 0.923. The molecule has 1 fully saturated rings. The zero-order valence-corrected chi connectivity index (χ0v) is 11.8. The van der Waals surface area contributed by atoms with Gasteiger partial charge in [0.2, 0.25) is 5.91 Å². The molecule has 0 spiro atoms. The highest BCUT2D eigenvalue weighted by Crippen LogP contribution is 2.31. The number of aliphatic hydroxyl groups excluding tert-OH is 1. The van der Waals surface area contributed by atoms with Gasteiger partial charge in [-0.15, -0.1) is 0 Å². The normalized spacial score (nSPS) is 20.8. The lowest BCUT2D eigenvalue weighted by atomic mass is 9.90. The first kappa shape index (κ1) is 17.2. The first-order chi connectivity index (χ1) is 9.27. The molecule has 0 saturated carbocycles. The SMILES string of the molecule is COCCC(C)C(=O)N1CCC(C(O)C(F)(F)F)CC1. The molecule has 0 bridgehead atoms. The number of piperidine rings is 1. The maximum Gasteiger partial charge on any atom is 0.414 e. The van der Waals surface area contributed by atoms with Crippen LogP contribution in [0.4, 0.5) is 13.2 Å². The summed E-state index contributed by atoms with van der Waals surface area (Å²) in [5, 5.41) is 9.22. The summed E-state index contributed by atoms with van der Waals surface area (Å²) >= 11 is 0. The van der Waals surface area contributed by atoms with Crippen molar-refractivity contribution in [1.82, 2.24) is 4.90 Å². The quantitative estimate of drug-likeness (QED) is 0.842. The molecule has 2 unspecified atom stereocenters. The van der Waals surface area contributed by atoms with Crippen LogP contribution in [-0.4, -0.2) is 55.0 Å². The zero-order valence-electron chi connectivity index (χ0n) is 11.8. The van der Waals surface area contributed by atoms with Gasteiger partial charge in [-0.3, -0.25) is 4.79 Å². The molecule has 1 aliphatic rings. The smallest absolute Gasteiger partial charge is 0.385 e. The summed E-state index contributed by atoms with van der Waals surface area (Å²) in [7, 11) is 1.56. The van der Waals surface area contributed by atoms with Crippen LogP contribution in [0, 0.1) is 11.8 Å². The topological polar surface area (TPSA) is 49.8 Å². The van der Waals surface area contributed by atoms with Gasteiger partial charge >= 0.3 is 6.18 Å². The third-order valence-electron chi connectivity index (χ3n) is 3.81. The minimum atomic E-state index is -4.58. The molecule has 0 aliphatic carbocycles. The van der Waals surface area contributed by atoms with E-state index in [2.05, 4.69) is 0 Å². The number of halogens is 3. The lowest BCUT2D eigenvalue weighted by Crippen LogP contribution is -2.46. The van der Waals surface area contributed by atoms with Crippen molar-refractivity contribution in [3.63, 3.8) is 0 Å². The van der Waals surface area contributed by atoms with Gasteiger partial charge < -0.3 is 14.7 Å². The fourth-order valence-electron chi connectivity index (χ4n) is 2.43. The van der Waals surface area contributed by atoms with Gasteiger partial charge in [0.1, 0.15) is 0 Å². The number of hydrogen-bond acceptors (Lipinski definition) is 3. The van der Waals surface area contributed by atoms with Gasteiger partial charge in [0.25, 0.3) is 0 Å². The van der Waals surface area contributed by atoms with Crippen molar-refractivity contribution in [3.8, 4) is 0 Å². The average Bonchev–Trinajstić information content (AvgIpc) is 2.42. The molecular formula is C13H22F3NO3. The van der Waals surface area contributed by atoms with E-state index in [1.807, 2.05) is 0 Å². The minimum Gasteiger partial charge on any atom is -0.385 e. The summed E-state index contributed by atoms with van der Waals surface area (Å²) < 4.78 is 42.1. The van der Waals surface area contributed by atoms with Gasteiger partial charge in [-0.05, 0) is 25.2 Å². The number of amides is 1. The van der Waals surface area contributed by atoms with Gasteiger partial charge in [0.15, 0.2) is 6.10 Å². The summed E-state index contributed by atoms with van der Waals surface area (Å²) in [5.41, 5.74) is 0. The molecule has 0 aromatic rings. The molecule has 4 nitrogen and oxygen atoms in total. The maximum atomic E-state index is 12.4. The van der Waals surface area contributed by atoms with Crippen LogP contribution in [0.1, 0.15) is 26.2 Å². The Kier molecular flexibility index (Phi) is 6.26. The third-order valence-corrected chi connectivity index (χ3v) is 3.81. The summed E-state index contributed by atoms with van der Waals surface area (Å²) in [6.45, 7) is 2.82. The summed E-state index contributed by atoms with van der Waals surface area (Å²) in [4.78, 5) is 13.6. The second-order valence-electron chi connectivity index (χ2n) is 5.33. The van der Waals surface area contributed by atoms with Crippen molar-refractivity contribution < 1.29 is 27.8 Å². The standard InChI is InChI=1S/C13H22F3NO3/c1-9(5-8-20-2)12(19)17-6-3-10(4-7-17)11(18)13(14,15)16/h9-11,18H,3-8H2,1-2H3. The number of alkyl halides is 3. The first-order valence-corrected chi connectivity index (χ1v) is 6.80. The summed E-state index contributed by atoms with van der Waals surface area (Å²) in [6, 6.07) is 0. The van der Waals surface area contributed by atoms with E-state index < -0.39 is 18.2 Å². The highest BCUT2D eigenvalue weighted by atomic mass is 19.4. The van der Waals surface area contributed by atoms with Crippen LogP contribution >= 0.6 is 0 Å². The average molecular weight is 297 g/mol. The van der Waals surface area contributed by atoms with Crippen LogP contribution in [-0.2, 0) is 9.53 Å². The van der Waals surface area contributed by atoms with Crippen LogP contribution in [0.2, 0.25) is 0 Å². The number of nitrogens with zero attached hydrogens (tertiary/aromatic N) is 1. The largest absolute Gasteiger partial charge is 0.414 e. The molecule has 20 heavy (non-hydrogen) atoms. The van der Waals surface area contributed by atoms with Gasteiger partial charge in [-0.1, -0.05) is 6.92 Å². The Labute approximate surface area is 116 Å². The molecule has 1 saturated heterocycles. The van der Waals surface area contributed by atoms with Crippen molar-refractivity contribution in [2.24, 2.45) is 11.8 Å². The molecule has 118 valence electrons. The number of aliphatic hydroxyl groups is 1.